The molecule has 90 valence electrons. The van der Waals surface area contributed by atoms with Crippen molar-refractivity contribution in [3.63, 3.8) is 0 Å². The van der Waals surface area contributed by atoms with Crippen LogP contribution < -0.4 is 11.1 Å². The molecule has 3 nitrogen and oxygen atoms in total. The summed E-state index contributed by atoms with van der Waals surface area (Å²) in [4.78, 5) is 11.4. The van der Waals surface area contributed by atoms with E-state index in [2.05, 4.69) is 12.2 Å². The number of hydrogen-bond acceptors (Lipinski definition) is 2. The predicted octanol–water partition coefficient (Wildman–Crippen LogP) is 2.06. The summed E-state index contributed by atoms with van der Waals surface area (Å²) in [7, 11) is 0. The van der Waals surface area contributed by atoms with Crippen LogP contribution in [0.3, 0.4) is 0 Å². The fourth-order valence-electron chi connectivity index (χ4n) is 1.81. The molecule has 0 saturated heterocycles. The third-order valence-corrected chi connectivity index (χ3v) is 2.50. The number of nitrogens with two attached hydrogens (primary N) is 1. The Morgan fingerprint density at radius 1 is 1.27 bits per heavy atom. The van der Waals surface area contributed by atoms with Crippen LogP contribution in [0.25, 0.3) is 0 Å². The second kappa shape index (κ2) is 8.72. The molecule has 0 fully saturated rings. The molecule has 0 aliphatic heterocycles. The van der Waals surface area contributed by atoms with Gasteiger partial charge in [-0.25, -0.2) is 0 Å². The first-order chi connectivity index (χ1) is 7.10. The normalized spacial score (nSPS) is 12.9. The van der Waals surface area contributed by atoms with Gasteiger partial charge < -0.3 is 11.1 Å². The summed E-state index contributed by atoms with van der Waals surface area (Å²) in [6, 6.07) is 0.247. The van der Waals surface area contributed by atoms with Crippen molar-refractivity contribution >= 4 is 5.91 Å². The number of carbonyl (C=O) groups is 1. The van der Waals surface area contributed by atoms with Gasteiger partial charge in [-0.15, -0.1) is 0 Å². The van der Waals surface area contributed by atoms with Crippen molar-refractivity contribution < 1.29 is 4.79 Å². The summed E-state index contributed by atoms with van der Waals surface area (Å²) in [5, 5.41) is 2.91. The summed E-state index contributed by atoms with van der Waals surface area (Å²) in [6.45, 7) is 6.89. The van der Waals surface area contributed by atoms with Crippen LogP contribution in [-0.2, 0) is 4.79 Å². The number of hydrogen-bond donors (Lipinski definition) is 2. The van der Waals surface area contributed by atoms with Gasteiger partial charge in [-0.1, -0.05) is 19.8 Å². The third-order valence-electron chi connectivity index (χ3n) is 2.50. The lowest BCUT2D eigenvalue weighted by atomic mass is 9.94. The maximum absolute atomic E-state index is 11.4. The molecule has 3 N–H and O–H groups in total. The van der Waals surface area contributed by atoms with Gasteiger partial charge in [0.15, 0.2) is 0 Å². The lowest BCUT2D eigenvalue weighted by Gasteiger charge is -2.15. The van der Waals surface area contributed by atoms with Crippen molar-refractivity contribution in [2.24, 2.45) is 11.7 Å². The molecule has 0 rings (SSSR count). The van der Waals surface area contributed by atoms with Crippen LogP contribution in [0.4, 0.5) is 0 Å². The van der Waals surface area contributed by atoms with E-state index in [9.17, 15) is 4.79 Å². The van der Waals surface area contributed by atoms with Gasteiger partial charge in [0.2, 0.25) is 5.91 Å². The monoisotopic (exact) mass is 214 g/mol. The van der Waals surface area contributed by atoms with Gasteiger partial charge >= 0.3 is 0 Å². The molecule has 0 aliphatic rings. The van der Waals surface area contributed by atoms with Gasteiger partial charge in [0.05, 0.1) is 0 Å². The quantitative estimate of drug-likeness (QED) is 0.650. The highest BCUT2D eigenvalue weighted by atomic mass is 16.1. The Balaban J connectivity index is 3.72. The summed E-state index contributed by atoms with van der Waals surface area (Å²) in [5.74, 6) is 0.793. The van der Waals surface area contributed by atoms with Crippen LogP contribution in [0.1, 0.15) is 52.9 Å². The minimum Gasteiger partial charge on any atom is -0.354 e. The first kappa shape index (κ1) is 14.4. The Hall–Kier alpha value is -0.570. The zero-order valence-electron chi connectivity index (χ0n) is 10.4. The topological polar surface area (TPSA) is 55.1 Å². The molecule has 0 heterocycles. The van der Waals surface area contributed by atoms with Crippen molar-refractivity contribution in [1.82, 2.24) is 5.32 Å². The van der Waals surface area contributed by atoms with Crippen molar-refractivity contribution in [2.75, 3.05) is 6.54 Å². The van der Waals surface area contributed by atoms with Gasteiger partial charge in [0.25, 0.3) is 0 Å². The van der Waals surface area contributed by atoms with Gasteiger partial charge in [0.1, 0.15) is 0 Å². The highest BCUT2D eigenvalue weighted by Gasteiger charge is 2.10. The Labute approximate surface area is 93.8 Å². The van der Waals surface area contributed by atoms with E-state index in [-0.39, 0.29) is 11.9 Å². The van der Waals surface area contributed by atoms with Crippen molar-refractivity contribution in [1.29, 1.82) is 0 Å². The van der Waals surface area contributed by atoms with Crippen LogP contribution >= 0.6 is 0 Å². The average molecular weight is 214 g/mol. The lowest BCUT2D eigenvalue weighted by Crippen LogP contribution is -2.30. The molecule has 0 spiro atoms. The summed E-state index contributed by atoms with van der Waals surface area (Å²) in [6.07, 6.45) is 5.03. The van der Waals surface area contributed by atoms with Crippen LogP contribution in [0.2, 0.25) is 0 Å². The first-order valence-electron chi connectivity index (χ1n) is 6.09. The van der Waals surface area contributed by atoms with E-state index >= 15 is 0 Å². The van der Waals surface area contributed by atoms with E-state index in [4.69, 9.17) is 5.73 Å². The minimum absolute atomic E-state index is 0.170. The van der Waals surface area contributed by atoms with E-state index < -0.39 is 0 Å². The number of carbonyl (C=O) groups excluding carboxylic acids is 1. The molecule has 0 aromatic carbocycles. The molecule has 3 heteroatoms. The van der Waals surface area contributed by atoms with Crippen molar-refractivity contribution in [3.05, 3.63) is 0 Å². The van der Waals surface area contributed by atoms with Crippen LogP contribution in [-0.4, -0.2) is 18.5 Å². The van der Waals surface area contributed by atoms with E-state index in [0.29, 0.717) is 12.3 Å². The highest BCUT2D eigenvalue weighted by molar-refractivity contribution is 5.76. The van der Waals surface area contributed by atoms with E-state index in [1.54, 1.807) is 0 Å². The zero-order chi connectivity index (χ0) is 11.7. The molecule has 0 aromatic rings. The molecule has 0 aliphatic carbocycles. The van der Waals surface area contributed by atoms with Crippen LogP contribution in [0, 0.1) is 5.92 Å². The SMILES string of the molecule is CCCC(CCN)CCC(=O)NC(C)C. The Morgan fingerprint density at radius 2 is 1.93 bits per heavy atom. The molecular formula is C12H26N2O. The first-order valence-corrected chi connectivity index (χ1v) is 6.09. The fraction of sp³-hybridized carbons (Fsp3) is 0.917. The molecule has 0 radical (unpaired) electrons. The highest BCUT2D eigenvalue weighted by Crippen LogP contribution is 2.16. The summed E-state index contributed by atoms with van der Waals surface area (Å²) in [5.41, 5.74) is 5.55. The standard InChI is InChI=1S/C12H26N2O/c1-4-5-11(8-9-13)6-7-12(15)14-10(2)3/h10-11H,4-9,13H2,1-3H3,(H,14,15). The number of rotatable bonds is 8. The average Bonchev–Trinajstić information content (AvgIpc) is 2.14. The smallest absolute Gasteiger partial charge is 0.220 e. The van der Waals surface area contributed by atoms with E-state index in [0.717, 1.165) is 19.4 Å². The molecule has 0 aromatic heterocycles. The molecule has 0 bridgehead atoms. The molecule has 1 amide bonds. The lowest BCUT2D eigenvalue weighted by molar-refractivity contribution is -0.121. The summed E-state index contributed by atoms with van der Waals surface area (Å²) >= 11 is 0. The third kappa shape index (κ3) is 8.43. The van der Waals surface area contributed by atoms with Gasteiger partial charge in [-0.3, -0.25) is 4.79 Å². The van der Waals surface area contributed by atoms with Crippen LogP contribution in [0.15, 0.2) is 0 Å². The van der Waals surface area contributed by atoms with Crippen LogP contribution in [0.5, 0.6) is 0 Å². The second-order valence-electron chi connectivity index (χ2n) is 4.49. The largest absolute Gasteiger partial charge is 0.354 e. The Kier molecular flexibility index (Phi) is 8.38. The number of nitrogens with one attached hydrogen (secondary N) is 1. The molecule has 0 saturated carbocycles. The van der Waals surface area contributed by atoms with E-state index in [1.165, 1.54) is 12.8 Å². The second-order valence-corrected chi connectivity index (χ2v) is 4.49. The molecular weight excluding hydrogens is 188 g/mol. The Bertz CT molecular complexity index is 163. The molecule has 1 atom stereocenters. The van der Waals surface area contributed by atoms with Gasteiger partial charge in [0, 0.05) is 12.5 Å². The molecule has 1 unspecified atom stereocenters. The predicted molar refractivity (Wildman–Crippen MR) is 64.6 cm³/mol. The maximum Gasteiger partial charge on any atom is 0.220 e. The van der Waals surface area contributed by atoms with Crippen molar-refractivity contribution in [2.45, 2.75) is 58.9 Å². The van der Waals surface area contributed by atoms with Crippen molar-refractivity contribution in [3.8, 4) is 0 Å². The maximum atomic E-state index is 11.4. The van der Waals surface area contributed by atoms with Gasteiger partial charge in [-0.05, 0) is 39.2 Å². The fourth-order valence-corrected chi connectivity index (χ4v) is 1.81. The van der Waals surface area contributed by atoms with Gasteiger partial charge in [-0.2, -0.15) is 0 Å². The summed E-state index contributed by atoms with van der Waals surface area (Å²) < 4.78 is 0. The molecule has 15 heavy (non-hydrogen) atoms. The minimum atomic E-state index is 0.170. The zero-order valence-corrected chi connectivity index (χ0v) is 10.4. The van der Waals surface area contributed by atoms with E-state index in [1.807, 2.05) is 13.8 Å². The Morgan fingerprint density at radius 3 is 2.40 bits per heavy atom. The number of amides is 1.